The highest BCUT2D eigenvalue weighted by Crippen LogP contribution is 2.25. The van der Waals surface area contributed by atoms with Crippen LogP contribution in [0.25, 0.3) is 0 Å². The minimum Gasteiger partial charge on any atom is -0.362 e. The minimum atomic E-state index is -0.0997. The molecule has 2 rings (SSSR count). The van der Waals surface area contributed by atoms with Gasteiger partial charge in [0.15, 0.2) is 5.78 Å². The standard InChI is InChI=1S/C15H10BrCl2NO/c16-13-6-5-12(9-14(13)18)19-8-7-15(20)10-1-3-11(17)4-2-10/h1-9,19H/b8-7+. The number of carbonyl (C=O) groups is 1. The first kappa shape index (κ1) is 15.1. The summed E-state index contributed by atoms with van der Waals surface area (Å²) in [5, 5.41) is 4.20. The fourth-order valence-electron chi connectivity index (χ4n) is 1.51. The van der Waals surface area contributed by atoms with Crippen LogP contribution in [-0.4, -0.2) is 5.78 Å². The quantitative estimate of drug-likeness (QED) is 0.563. The van der Waals surface area contributed by atoms with E-state index in [0.29, 0.717) is 15.6 Å². The molecule has 1 N–H and O–H groups in total. The van der Waals surface area contributed by atoms with Crippen LogP contribution in [0, 0.1) is 0 Å². The lowest BCUT2D eigenvalue weighted by Crippen LogP contribution is -1.96. The van der Waals surface area contributed by atoms with Gasteiger partial charge in [0, 0.05) is 33.0 Å². The molecule has 0 atom stereocenters. The second kappa shape index (κ2) is 6.93. The number of nitrogens with one attached hydrogen (secondary N) is 1. The molecular weight excluding hydrogens is 361 g/mol. The molecule has 0 unspecified atom stereocenters. The Labute approximate surface area is 135 Å². The van der Waals surface area contributed by atoms with Crippen molar-refractivity contribution in [2.45, 2.75) is 0 Å². The Bertz CT molecular complexity index is 653. The molecule has 0 fully saturated rings. The van der Waals surface area contributed by atoms with Crippen LogP contribution in [0.15, 0.2) is 59.2 Å². The van der Waals surface area contributed by atoms with E-state index >= 15 is 0 Å². The van der Waals surface area contributed by atoms with Gasteiger partial charge in [-0.2, -0.15) is 0 Å². The maximum Gasteiger partial charge on any atom is 0.187 e. The van der Waals surface area contributed by atoms with Crippen molar-refractivity contribution in [1.29, 1.82) is 0 Å². The monoisotopic (exact) mass is 369 g/mol. The average Bonchev–Trinajstić information content (AvgIpc) is 2.43. The number of anilines is 1. The molecule has 0 saturated heterocycles. The van der Waals surface area contributed by atoms with Crippen molar-refractivity contribution in [2.24, 2.45) is 0 Å². The fourth-order valence-corrected chi connectivity index (χ4v) is 2.06. The Morgan fingerprint density at radius 1 is 1.10 bits per heavy atom. The van der Waals surface area contributed by atoms with Gasteiger partial charge in [-0.05, 0) is 58.4 Å². The number of halogens is 3. The van der Waals surface area contributed by atoms with Gasteiger partial charge in [-0.1, -0.05) is 23.2 Å². The molecule has 2 aromatic carbocycles. The van der Waals surface area contributed by atoms with Crippen LogP contribution in [0.1, 0.15) is 10.4 Å². The molecule has 0 amide bonds. The zero-order chi connectivity index (χ0) is 14.5. The van der Waals surface area contributed by atoms with Gasteiger partial charge in [0.1, 0.15) is 0 Å². The molecule has 5 heteroatoms. The van der Waals surface area contributed by atoms with Crippen molar-refractivity contribution >= 4 is 50.6 Å². The van der Waals surface area contributed by atoms with Crippen LogP contribution in [0.4, 0.5) is 5.69 Å². The molecule has 20 heavy (non-hydrogen) atoms. The van der Waals surface area contributed by atoms with E-state index in [9.17, 15) is 4.79 Å². The summed E-state index contributed by atoms with van der Waals surface area (Å²) in [6, 6.07) is 12.2. The normalized spacial score (nSPS) is 10.8. The van der Waals surface area contributed by atoms with Crippen molar-refractivity contribution in [3.8, 4) is 0 Å². The van der Waals surface area contributed by atoms with Crippen LogP contribution in [0.5, 0.6) is 0 Å². The molecule has 0 spiro atoms. The summed E-state index contributed by atoms with van der Waals surface area (Å²) in [5.41, 5.74) is 1.39. The third-order valence-corrected chi connectivity index (χ3v) is 4.02. The molecule has 0 saturated carbocycles. The summed E-state index contributed by atoms with van der Waals surface area (Å²) in [5.74, 6) is -0.0997. The summed E-state index contributed by atoms with van der Waals surface area (Å²) in [6.07, 6.45) is 3.04. The minimum absolute atomic E-state index is 0.0997. The topological polar surface area (TPSA) is 29.1 Å². The van der Waals surface area contributed by atoms with E-state index < -0.39 is 0 Å². The summed E-state index contributed by atoms with van der Waals surface area (Å²) in [6.45, 7) is 0. The van der Waals surface area contributed by atoms with E-state index in [4.69, 9.17) is 23.2 Å². The number of benzene rings is 2. The lowest BCUT2D eigenvalue weighted by molar-refractivity contribution is 0.104. The van der Waals surface area contributed by atoms with Gasteiger partial charge >= 0.3 is 0 Å². The van der Waals surface area contributed by atoms with Crippen molar-refractivity contribution < 1.29 is 4.79 Å². The average molecular weight is 371 g/mol. The number of hydrogen-bond acceptors (Lipinski definition) is 2. The van der Waals surface area contributed by atoms with E-state index in [1.54, 1.807) is 36.5 Å². The third kappa shape index (κ3) is 4.10. The lowest BCUT2D eigenvalue weighted by atomic mass is 10.1. The first-order chi connectivity index (χ1) is 9.56. The van der Waals surface area contributed by atoms with Crippen LogP contribution >= 0.6 is 39.1 Å². The molecule has 102 valence electrons. The predicted molar refractivity (Wildman–Crippen MR) is 87.7 cm³/mol. The highest BCUT2D eigenvalue weighted by atomic mass is 79.9. The van der Waals surface area contributed by atoms with Crippen LogP contribution < -0.4 is 5.32 Å². The molecule has 0 aliphatic rings. The molecule has 0 heterocycles. The van der Waals surface area contributed by atoms with Crippen LogP contribution in [0.3, 0.4) is 0 Å². The molecule has 0 radical (unpaired) electrons. The summed E-state index contributed by atoms with van der Waals surface area (Å²) < 4.78 is 0.825. The second-order valence-corrected chi connectivity index (χ2v) is 5.68. The first-order valence-electron chi connectivity index (χ1n) is 5.74. The zero-order valence-electron chi connectivity index (χ0n) is 10.2. The van der Waals surface area contributed by atoms with E-state index in [-0.39, 0.29) is 5.78 Å². The number of carbonyl (C=O) groups excluding carboxylic acids is 1. The van der Waals surface area contributed by atoms with E-state index in [0.717, 1.165) is 10.2 Å². The van der Waals surface area contributed by atoms with Crippen molar-refractivity contribution in [3.05, 3.63) is 74.8 Å². The van der Waals surface area contributed by atoms with Crippen molar-refractivity contribution in [2.75, 3.05) is 5.32 Å². The summed E-state index contributed by atoms with van der Waals surface area (Å²) in [4.78, 5) is 11.9. The summed E-state index contributed by atoms with van der Waals surface area (Å²) in [7, 11) is 0. The van der Waals surface area contributed by atoms with Crippen LogP contribution in [0.2, 0.25) is 10.0 Å². The molecule has 0 aliphatic heterocycles. The molecule has 0 aliphatic carbocycles. The number of ketones is 1. The van der Waals surface area contributed by atoms with Gasteiger partial charge in [-0.3, -0.25) is 4.79 Å². The van der Waals surface area contributed by atoms with Crippen LogP contribution in [-0.2, 0) is 0 Å². The second-order valence-electron chi connectivity index (χ2n) is 3.98. The van der Waals surface area contributed by atoms with Gasteiger partial charge in [0.2, 0.25) is 0 Å². The Balaban J connectivity index is 2.00. The Morgan fingerprint density at radius 2 is 1.80 bits per heavy atom. The lowest BCUT2D eigenvalue weighted by Gasteiger charge is -2.02. The van der Waals surface area contributed by atoms with E-state index in [1.165, 1.54) is 6.08 Å². The fraction of sp³-hybridized carbons (Fsp3) is 0. The summed E-state index contributed by atoms with van der Waals surface area (Å²) >= 11 is 15.1. The smallest absolute Gasteiger partial charge is 0.187 e. The van der Waals surface area contributed by atoms with Gasteiger partial charge in [-0.25, -0.2) is 0 Å². The Kier molecular flexibility index (Phi) is 5.24. The number of hydrogen-bond donors (Lipinski definition) is 1. The highest BCUT2D eigenvalue weighted by molar-refractivity contribution is 9.10. The zero-order valence-corrected chi connectivity index (χ0v) is 13.3. The Morgan fingerprint density at radius 3 is 2.45 bits per heavy atom. The molecule has 2 aromatic rings. The number of allylic oxidation sites excluding steroid dienone is 1. The maximum absolute atomic E-state index is 11.9. The predicted octanol–water partition coefficient (Wildman–Crippen LogP) is 5.56. The SMILES string of the molecule is O=C(/C=C/Nc1ccc(Br)c(Cl)c1)c1ccc(Cl)cc1. The van der Waals surface area contributed by atoms with E-state index in [1.807, 2.05) is 12.1 Å². The molecule has 0 bridgehead atoms. The van der Waals surface area contributed by atoms with Crippen molar-refractivity contribution in [3.63, 3.8) is 0 Å². The first-order valence-corrected chi connectivity index (χ1v) is 7.29. The van der Waals surface area contributed by atoms with Gasteiger partial charge in [0.25, 0.3) is 0 Å². The van der Waals surface area contributed by atoms with Gasteiger partial charge in [-0.15, -0.1) is 0 Å². The van der Waals surface area contributed by atoms with Gasteiger partial charge in [0.05, 0.1) is 5.02 Å². The third-order valence-electron chi connectivity index (χ3n) is 2.53. The Hall–Kier alpha value is -1.29. The van der Waals surface area contributed by atoms with Crippen molar-refractivity contribution in [1.82, 2.24) is 0 Å². The van der Waals surface area contributed by atoms with E-state index in [2.05, 4.69) is 21.2 Å². The van der Waals surface area contributed by atoms with Gasteiger partial charge < -0.3 is 5.32 Å². The largest absolute Gasteiger partial charge is 0.362 e. The molecule has 2 nitrogen and oxygen atoms in total. The highest BCUT2D eigenvalue weighted by Gasteiger charge is 2.01. The number of rotatable bonds is 4. The maximum atomic E-state index is 11.9. The molecule has 0 aromatic heterocycles. The molecular formula is C15H10BrCl2NO.